The number of nitrogens with zero attached hydrogens (tertiary/aromatic N) is 2. The van der Waals surface area contributed by atoms with Gasteiger partial charge >= 0.3 is 0 Å². The van der Waals surface area contributed by atoms with E-state index in [0.29, 0.717) is 22.9 Å². The highest BCUT2D eigenvalue weighted by Gasteiger charge is 2.20. The molecule has 3 aromatic carbocycles. The van der Waals surface area contributed by atoms with Gasteiger partial charge in [0.2, 0.25) is 0 Å². The Morgan fingerprint density at radius 1 is 0.594 bits per heavy atom. The highest BCUT2D eigenvalue weighted by atomic mass is 16.5. The van der Waals surface area contributed by atoms with Crippen LogP contribution in [0.4, 0.5) is 0 Å². The Hall–Kier alpha value is -4.32. The third-order valence-corrected chi connectivity index (χ3v) is 5.49. The van der Waals surface area contributed by atoms with Gasteiger partial charge in [0.1, 0.15) is 34.1 Å². The molecule has 0 spiro atoms. The first-order valence-corrected chi connectivity index (χ1v) is 10.1. The van der Waals surface area contributed by atoms with E-state index in [1.54, 1.807) is 14.2 Å². The Balaban J connectivity index is 1.60. The van der Waals surface area contributed by atoms with Crippen LogP contribution in [0, 0.1) is 0 Å². The van der Waals surface area contributed by atoms with Crippen LogP contribution in [0.5, 0.6) is 11.5 Å². The Labute approximate surface area is 183 Å². The van der Waals surface area contributed by atoms with Crippen LogP contribution in [0.25, 0.3) is 55.9 Å². The molecule has 0 saturated carbocycles. The summed E-state index contributed by atoms with van der Waals surface area (Å²) in [6.07, 6.45) is 0. The van der Waals surface area contributed by atoms with Gasteiger partial charge in [-0.25, -0.2) is 9.97 Å². The first-order chi connectivity index (χ1) is 15.7. The minimum Gasteiger partial charge on any atom is -0.497 e. The van der Waals surface area contributed by atoms with E-state index < -0.39 is 0 Å². The normalized spacial score (nSPS) is 11.4. The monoisotopic (exact) mass is 422 g/mol. The van der Waals surface area contributed by atoms with Crippen molar-refractivity contribution >= 4 is 33.0 Å². The van der Waals surface area contributed by atoms with E-state index in [0.717, 1.165) is 44.5 Å². The van der Waals surface area contributed by atoms with E-state index in [4.69, 9.17) is 28.3 Å². The van der Waals surface area contributed by atoms with Gasteiger partial charge in [0.25, 0.3) is 0 Å². The molecule has 32 heavy (non-hydrogen) atoms. The fourth-order valence-electron chi connectivity index (χ4n) is 3.85. The summed E-state index contributed by atoms with van der Waals surface area (Å²) in [6, 6.07) is 23.1. The number of rotatable bonds is 4. The van der Waals surface area contributed by atoms with Crippen LogP contribution in [0.2, 0.25) is 0 Å². The smallest absolute Gasteiger partial charge is 0.156 e. The highest BCUT2D eigenvalue weighted by molar-refractivity contribution is 5.91. The second-order valence-corrected chi connectivity index (χ2v) is 7.44. The summed E-state index contributed by atoms with van der Waals surface area (Å²) >= 11 is 0. The summed E-state index contributed by atoms with van der Waals surface area (Å²) in [4.78, 5) is 9.78. The molecule has 0 unspecified atom stereocenters. The van der Waals surface area contributed by atoms with Crippen molar-refractivity contribution in [1.82, 2.24) is 9.97 Å². The maximum absolute atomic E-state index is 6.17. The zero-order valence-corrected chi connectivity index (χ0v) is 17.5. The van der Waals surface area contributed by atoms with Crippen LogP contribution in [0.1, 0.15) is 0 Å². The predicted octanol–water partition coefficient (Wildman–Crippen LogP) is 6.47. The summed E-state index contributed by atoms with van der Waals surface area (Å²) in [5, 5.41) is 1.91. The van der Waals surface area contributed by atoms with Crippen molar-refractivity contribution in [1.29, 1.82) is 0 Å². The second kappa shape index (κ2) is 7.13. The molecular formula is C26H18N2O4. The number of aromatic nitrogens is 2. The van der Waals surface area contributed by atoms with E-state index >= 15 is 0 Å². The van der Waals surface area contributed by atoms with Crippen molar-refractivity contribution in [3.63, 3.8) is 0 Å². The number of furan rings is 2. The number of fused-ring (bicyclic) bond motifs is 3. The van der Waals surface area contributed by atoms with Gasteiger partial charge in [-0.1, -0.05) is 12.1 Å². The number of benzene rings is 3. The number of hydrogen-bond acceptors (Lipinski definition) is 6. The van der Waals surface area contributed by atoms with Gasteiger partial charge in [-0.05, 0) is 48.5 Å². The Morgan fingerprint density at radius 3 is 1.50 bits per heavy atom. The van der Waals surface area contributed by atoms with Gasteiger partial charge in [-0.3, -0.25) is 0 Å². The van der Waals surface area contributed by atoms with Crippen LogP contribution in [-0.4, -0.2) is 24.2 Å². The third-order valence-electron chi connectivity index (χ3n) is 5.49. The SMILES string of the molecule is COc1ccc2cc(-c3nc4ccccc4nc3-c3cc4ccc(OC)cc4o3)oc2c1. The van der Waals surface area contributed by atoms with Crippen LogP contribution in [0.3, 0.4) is 0 Å². The van der Waals surface area contributed by atoms with E-state index in [9.17, 15) is 0 Å². The molecule has 6 rings (SSSR count). The summed E-state index contributed by atoms with van der Waals surface area (Å²) in [5.41, 5.74) is 4.23. The fraction of sp³-hybridized carbons (Fsp3) is 0.0769. The molecule has 3 heterocycles. The second-order valence-electron chi connectivity index (χ2n) is 7.44. The van der Waals surface area contributed by atoms with Crippen molar-refractivity contribution in [3.05, 3.63) is 72.8 Å². The first-order valence-electron chi connectivity index (χ1n) is 10.1. The summed E-state index contributed by atoms with van der Waals surface area (Å²) in [7, 11) is 3.27. The third kappa shape index (κ3) is 2.96. The average Bonchev–Trinajstić information content (AvgIpc) is 3.46. The molecule has 6 nitrogen and oxygen atoms in total. The molecule has 0 atom stereocenters. The zero-order chi connectivity index (χ0) is 21.7. The maximum atomic E-state index is 6.17. The lowest BCUT2D eigenvalue weighted by atomic mass is 10.1. The van der Waals surface area contributed by atoms with Crippen molar-refractivity contribution in [2.24, 2.45) is 0 Å². The summed E-state index contributed by atoms with van der Waals surface area (Å²) in [5.74, 6) is 2.68. The molecule has 6 heteroatoms. The molecule has 0 radical (unpaired) electrons. The number of para-hydroxylation sites is 2. The standard InChI is InChI=1S/C26H18N2O4/c1-29-17-9-7-15-11-23(31-21(15)13-17)25-26(28-20-6-4-3-5-19(20)27-25)24-12-16-8-10-18(30-2)14-22(16)32-24/h3-14H,1-2H3. The van der Waals surface area contributed by atoms with Gasteiger partial charge in [-0.15, -0.1) is 0 Å². The van der Waals surface area contributed by atoms with Crippen LogP contribution in [0.15, 0.2) is 81.6 Å². The maximum Gasteiger partial charge on any atom is 0.156 e. The molecule has 0 amide bonds. The molecule has 6 aromatic rings. The Kier molecular flexibility index (Phi) is 4.11. The molecule has 156 valence electrons. The summed E-state index contributed by atoms with van der Waals surface area (Å²) in [6.45, 7) is 0. The average molecular weight is 422 g/mol. The fourth-order valence-corrected chi connectivity index (χ4v) is 3.85. The molecule has 3 aromatic heterocycles. The molecule has 0 saturated heterocycles. The lowest BCUT2D eigenvalue weighted by Gasteiger charge is -2.06. The van der Waals surface area contributed by atoms with E-state index in [1.807, 2.05) is 72.8 Å². The number of hydrogen-bond donors (Lipinski definition) is 0. The Bertz CT molecular complexity index is 1490. The molecule has 0 aliphatic heterocycles. The molecule has 0 aliphatic rings. The van der Waals surface area contributed by atoms with Crippen LogP contribution in [-0.2, 0) is 0 Å². The minimum atomic E-state index is 0.611. The van der Waals surface area contributed by atoms with Crippen molar-refractivity contribution < 1.29 is 18.3 Å². The predicted molar refractivity (Wildman–Crippen MR) is 123 cm³/mol. The molecule has 0 aliphatic carbocycles. The van der Waals surface area contributed by atoms with Crippen molar-refractivity contribution in [2.45, 2.75) is 0 Å². The molecule has 0 fully saturated rings. The van der Waals surface area contributed by atoms with Gasteiger partial charge in [0, 0.05) is 22.9 Å². The molecular weight excluding hydrogens is 404 g/mol. The van der Waals surface area contributed by atoms with Gasteiger partial charge in [0.15, 0.2) is 11.5 Å². The van der Waals surface area contributed by atoms with Crippen LogP contribution >= 0.6 is 0 Å². The van der Waals surface area contributed by atoms with E-state index in [1.165, 1.54) is 0 Å². The number of methoxy groups -OCH3 is 2. The molecule has 0 bridgehead atoms. The van der Waals surface area contributed by atoms with Gasteiger partial charge in [-0.2, -0.15) is 0 Å². The number of ether oxygens (including phenoxy) is 2. The lowest BCUT2D eigenvalue weighted by Crippen LogP contribution is -1.93. The van der Waals surface area contributed by atoms with Gasteiger partial charge in [0.05, 0.1) is 25.3 Å². The molecule has 0 N–H and O–H groups in total. The quantitative estimate of drug-likeness (QED) is 0.324. The lowest BCUT2D eigenvalue weighted by molar-refractivity contribution is 0.414. The van der Waals surface area contributed by atoms with E-state index in [2.05, 4.69) is 0 Å². The van der Waals surface area contributed by atoms with Gasteiger partial charge < -0.3 is 18.3 Å². The largest absolute Gasteiger partial charge is 0.497 e. The van der Waals surface area contributed by atoms with E-state index in [-0.39, 0.29) is 0 Å². The highest BCUT2D eigenvalue weighted by Crippen LogP contribution is 2.37. The first kappa shape index (κ1) is 18.4. The Morgan fingerprint density at radius 2 is 1.06 bits per heavy atom. The minimum absolute atomic E-state index is 0.611. The van der Waals surface area contributed by atoms with Crippen LogP contribution < -0.4 is 9.47 Å². The zero-order valence-electron chi connectivity index (χ0n) is 17.5. The van der Waals surface area contributed by atoms with Crippen molar-refractivity contribution in [3.8, 4) is 34.4 Å². The summed E-state index contributed by atoms with van der Waals surface area (Å²) < 4.78 is 23.0. The topological polar surface area (TPSA) is 70.5 Å². The van der Waals surface area contributed by atoms with Crippen molar-refractivity contribution in [2.75, 3.05) is 14.2 Å².